The van der Waals surface area contributed by atoms with Crippen LogP contribution < -0.4 is 16.6 Å². The predicted octanol–water partition coefficient (Wildman–Crippen LogP) is 1.49. The fourth-order valence-corrected chi connectivity index (χ4v) is 1.57. The van der Waals surface area contributed by atoms with Crippen molar-refractivity contribution >= 4 is 22.5 Å². The second-order valence-electron chi connectivity index (χ2n) is 3.50. The Morgan fingerprint density at radius 3 is 3.06 bits per heavy atom. The highest BCUT2D eigenvalue weighted by atomic mass is 15.3. The molecule has 0 saturated carbocycles. The van der Waals surface area contributed by atoms with Gasteiger partial charge in [-0.15, -0.1) is 0 Å². The molecule has 2 rings (SSSR count). The van der Waals surface area contributed by atoms with Crippen LogP contribution in [0.15, 0.2) is 41.5 Å². The molecule has 1 aromatic heterocycles. The Kier molecular flexibility index (Phi) is 3.52. The summed E-state index contributed by atoms with van der Waals surface area (Å²) in [5, 5.41) is 4.18. The molecule has 1 heterocycles. The van der Waals surface area contributed by atoms with Crippen LogP contribution in [0.3, 0.4) is 0 Å². The number of nitrogens with two attached hydrogens (primary N) is 1. The maximum atomic E-state index is 5.36. The summed E-state index contributed by atoms with van der Waals surface area (Å²) in [4.78, 5) is 8.43. The summed E-state index contributed by atoms with van der Waals surface area (Å²) >= 11 is 0. The van der Waals surface area contributed by atoms with Crippen LogP contribution >= 0.6 is 0 Å². The van der Waals surface area contributed by atoms with E-state index in [1.54, 1.807) is 6.20 Å². The van der Waals surface area contributed by atoms with Gasteiger partial charge in [0.25, 0.3) is 0 Å². The molecule has 0 amide bonds. The van der Waals surface area contributed by atoms with E-state index in [0.29, 0.717) is 12.5 Å². The van der Waals surface area contributed by atoms with E-state index >= 15 is 0 Å². The number of hydrogen-bond acceptors (Lipinski definition) is 3. The van der Waals surface area contributed by atoms with E-state index in [2.05, 4.69) is 20.7 Å². The Morgan fingerprint density at radius 1 is 1.41 bits per heavy atom. The molecule has 5 nitrogen and oxygen atoms in total. The lowest BCUT2D eigenvalue weighted by atomic mass is 10.2. The minimum absolute atomic E-state index is 0.552. The lowest BCUT2D eigenvalue weighted by molar-refractivity contribution is 0.986. The molecule has 5 heteroatoms. The molecule has 0 radical (unpaired) electrons. The van der Waals surface area contributed by atoms with Crippen LogP contribution in [0.5, 0.6) is 0 Å². The van der Waals surface area contributed by atoms with Crippen molar-refractivity contribution < 1.29 is 0 Å². The smallest absolute Gasteiger partial charge is 0.210 e. The third-order valence-electron chi connectivity index (χ3n) is 2.32. The zero-order chi connectivity index (χ0) is 12.1. The molecule has 0 aliphatic heterocycles. The molecule has 1 aromatic carbocycles. The molecular formula is C12H15N5. The lowest BCUT2D eigenvalue weighted by Gasteiger charge is -2.09. The van der Waals surface area contributed by atoms with Gasteiger partial charge in [-0.25, -0.2) is 5.84 Å². The van der Waals surface area contributed by atoms with E-state index in [4.69, 9.17) is 5.84 Å². The number of hydrazine groups is 1. The van der Waals surface area contributed by atoms with Gasteiger partial charge in [0.1, 0.15) is 0 Å². The summed E-state index contributed by atoms with van der Waals surface area (Å²) in [6.45, 7) is 2.62. The molecule has 0 aliphatic rings. The topological polar surface area (TPSA) is 75.3 Å². The number of aromatic nitrogens is 1. The van der Waals surface area contributed by atoms with Crippen LogP contribution in [0, 0.1) is 0 Å². The van der Waals surface area contributed by atoms with Gasteiger partial charge in [-0.2, -0.15) is 0 Å². The summed E-state index contributed by atoms with van der Waals surface area (Å²) in [5.74, 6) is 5.92. The Balaban J connectivity index is 2.27. The van der Waals surface area contributed by atoms with Crippen molar-refractivity contribution in [3.63, 3.8) is 0 Å². The third kappa shape index (κ3) is 2.70. The van der Waals surface area contributed by atoms with Gasteiger partial charge >= 0.3 is 0 Å². The molecule has 0 saturated heterocycles. The number of nitrogens with one attached hydrogen (secondary N) is 2. The Bertz CT molecular complexity index is 535. The van der Waals surface area contributed by atoms with Crippen molar-refractivity contribution in [1.82, 2.24) is 10.4 Å². The average molecular weight is 229 g/mol. The fraction of sp³-hybridized carbons (Fsp3) is 0.167. The van der Waals surface area contributed by atoms with Crippen molar-refractivity contribution in [2.24, 2.45) is 10.8 Å². The Labute approximate surface area is 99.7 Å². The predicted molar refractivity (Wildman–Crippen MR) is 70.7 cm³/mol. The van der Waals surface area contributed by atoms with Gasteiger partial charge in [0.2, 0.25) is 5.96 Å². The van der Waals surface area contributed by atoms with E-state index in [1.807, 2.05) is 37.3 Å². The highest BCUT2D eigenvalue weighted by molar-refractivity contribution is 5.95. The first kappa shape index (κ1) is 11.3. The molecular weight excluding hydrogens is 214 g/mol. The molecule has 0 fully saturated rings. The molecule has 0 bridgehead atoms. The van der Waals surface area contributed by atoms with Crippen LogP contribution in [0.25, 0.3) is 10.9 Å². The van der Waals surface area contributed by atoms with Gasteiger partial charge in [0.15, 0.2) is 0 Å². The SMILES string of the molecule is CCN=C(NN)Nc1ccc2ncccc2c1. The highest BCUT2D eigenvalue weighted by Crippen LogP contribution is 2.16. The van der Waals surface area contributed by atoms with Crippen LogP contribution in [0.1, 0.15) is 6.92 Å². The van der Waals surface area contributed by atoms with Crippen molar-refractivity contribution in [1.29, 1.82) is 0 Å². The molecule has 0 aliphatic carbocycles. The number of hydrogen-bond donors (Lipinski definition) is 3. The number of nitrogens with zero attached hydrogens (tertiary/aromatic N) is 2. The first-order valence-corrected chi connectivity index (χ1v) is 5.46. The van der Waals surface area contributed by atoms with Gasteiger partial charge in [-0.05, 0) is 31.2 Å². The Morgan fingerprint density at radius 2 is 2.29 bits per heavy atom. The minimum Gasteiger partial charge on any atom is -0.325 e. The molecule has 2 aromatic rings. The van der Waals surface area contributed by atoms with Crippen molar-refractivity contribution in [3.05, 3.63) is 36.5 Å². The number of rotatable bonds is 2. The van der Waals surface area contributed by atoms with Crippen LogP contribution in [-0.4, -0.2) is 17.5 Å². The maximum absolute atomic E-state index is 5.36. The van der Waals surface area contributed by atoms with E-state index in [-0.39, 0.29) is 0 Å². The van der Waals surface area contributed by atoms with Gasteiger partial charge < -0.3 is 5.32 Å². The zero-order valence-electron chi connectivity index (χ0n) is 9.64. The fourth-order valence-electron chi connectivity index (χ4n) is 1.57. The number of aliphatic imine (C=N–C) groups is 1. The standard InChI is InChI=1S/C12H15N5/c1-2-14-12(17-13)16-10-5-6-11-9(8-10)4-3-7-15-11/h3-8H,2,13H2,1H3,(H2,14,16,17). The summed E-state index contributed by atoms with van der Waals surface area (Å²) in [5.41, 5.74) is 4.41. The third-order valence-corrected chi connectivity index (χ3v) is 2.32. The molecule has 4 N–H and O–H groups in total. The summed E-state index contributed by atoms with van der Waals surface area (Å²) in [6, 6.07) is 9.83. The molecule has 17 heavy (non-hydrogen) atoms. The number of anilines is 1. The average Bonchev–Trinajstić information content (AvgIpc) is 2.38. The van der Waals surface area contributed by atoms with Crippen molar-refractivity contribution in [2.45, 2.75) is 6.92 Å². The van der Waals surface area contributed by atoms with E-state index in [0.717, 1.165) is 16.6 Å². The van der Waals surface area contributed by atoms with Gasteiger partial charge in [-0.3, -0.25) is 15.4 Å². The van der Waals surface area contributed by atoms with Crippen LogP contribution in [0.4, 0.5) is 5.69 Å². The van der Waals surface area contributed by atoms with Gasteiger partial charge in [0, 0.05) is 23.8 Å². The van der Waals surface area contributed by atoms with Crippen LogP contribution in [0.2, 0.25) is 0 Å². The van der Waals surface area contributed by atoms with Crippen LogP contribution in [-0.2, 0) is 0 Å². The molecule has 0 spiro atoms. The van der Waals surface area contributed by atoms with Gasteiger partial charge in [-0.1, -0.05) is 6.07 Å². The summed E-state index contributed by atoms with van der Waals surface area (Å²) < 4.78 is 0. The zero-order valence-corrected chi connectivity index (χ0v) is 9.64. The Hall–Kier alpha value is -2.14. The molecule has 0 unspecified atom stereocenters. The van der Waals surface area contributed by atoms with E-state index < -0.39 is 0 Å². The minimum atomic E-state index is 0.552. The van der Waals surface area contributed by atoms with E-state index in [1.165, 1.54) is 0 Å². The molecule has 88 valence electrons. The first-order valence-electron chi connectivity index (χ1n) is 5.46. The summed E-state index contributed by atoms with van der Waals surface area (Å²) in [6.07, 6.45) is 1.78. The number of fused-ring (bicyclic) bond motifs is 1. The normalized spacial score (nSPS) is 11.5. The first-order chi connectivity index (χ1) is 8.33. The quantitative estimate of drug-likeness (QED) is 0.315. The number of pyridine rings is 1. The molecule has 0 atom stereocenters. The summed E-state index contributed by atoms with van der Waals surface area (Å²) in [7, 11) is 0. The largest absolute Gasteiger partial charge is 0.325 e. The number of benzene rings is 1. The van der Waals surface area contributed by atoms with E-state index in [9.17, 15) is 0 Å². The monoisotopic (exact) mass is 229 g/mol. The maximum Gasteiger partial charge on any atom is 0.210 e. The van der Waals surface area contributed by atoms with Crippen molar-refractivity contribution in [2.75, 3.05) is 11.9 Å². The second-order valence-corrected chi connectivity index (χ2v) is 3.50. The second kappa shape index (κ2) is 5.27. The van der Waals surface area contributed by atoms with Crippen molar-refractivity contribution in [3.8, 4) is 0 Å². The number of guanidine groups is 1. The highest BCUT2D eigenvalue weighted by Gasteiger charge is 1.99. The van der Waals surface area contributed by atoms with Gasteiger partial charge in [0.05, 0.1) is 5.52 Å². The lowest BCUT2D eigenvalue weighted by Crippen LogP contribution is -2.36.